The predicted octanol–water partition coefficient (Wildman–Crippen LogP) is 4.58. The van der Waals surface area contributed by atoms with Gasteiger partial charge in [0.25, 0.3) is 0 Å². The Morgan fingerprint density at radius 2 is 2.08 bits per heavy atom. The van der Waals surface area contributed by atoms with Crippen LogP contribution in [0.2, 0.25) is 5.02 Å². The van der Waals surface area contributed by atoms with Gasteiger partial charge in [-0.15, -0.1) is 0 Å². The van der Waals surface area contributed by atoms with Crippen molar-refractivity contribution in [2.45, 2.75) is 19.8 Å². The van der Waals surface area contributed by atoms with Gasteiger partial charge in [-0.3, -0.25) is 9.59 Å². The highest BCUT2D eigenvalue weighted by Gasteiger charge is 2.33. The van der Waals surface area contributed by atoms with Gasteiger partial charge in [0.15, 0.2) is 5.76 Å². The van der Waals surface area contributed by atoms with Crippen LogP contribution in [-0.2, 0) is 4.79 Å². The van der Waals surface area contributed by atoms with E-state index in [1.807, 2.05) is 12.1 Å². The first-order valence-electron chi connectivity index (χ1n) is 8.07. The van der Waals surface area contributed by atoms with Gasteiger partial charge < -0.3 is 9.47 Å². The molecule has 0 amide bonds. The van der Waals surface area contributed by atoms with Crippen molar-refractivity contribution in [2.24, 2.45) is 5.92 Å². The topological polar surface area (TPSA) is 52.6 Å². The number of carbonyl (C=O) groups excluding carboxylic acids is 2. The Kier molecular flexibility index (Phi) is 3.85. The summed E-state index contributed by atoms with van der Waals surface area (Å²) in [6.07, 6.45) is 3.41. The maximum Gasteiger partial charge on any atom is 0.314 e. The number of carbonyl (C=O) groups is 2. The fraction of sp³-hybridized carbons (Fsp3) is 0.200. The molecule has 0 aromatic heterocycles. The zero-order valence-corrected chi connectivity index (χ0v) is 14.3. The van der Waals surface area contributed by atoms with E-state index in [1.54, 1.807) is 37.3 Å². The number of aryl methyl sites for hydroxylation is 1. The number of ketones is 1. The highest BCUT2D eigenvalue weighted by molar-refractivity contribution is 6.30. The van der Waals surface area contributed by atoms with Crippen molar-refractivity contribution in [1.29, 1.82) is 0 Å². The largest absolute Gasteiger partial charge is 0.452 e. The van der Waals surface area contributed by atoms with Crippen LogP contribution >= 0.6 is 11.6 Å². The van der Waals surface area contributed by atoms with E-state index in [0.29, 0.717) is 22.1 Å². The summed E-state index contributed by atoms with van der Waals surface area (Å²) in [5.41, 5.74) is 2.00. The third kappa shape index (κ3) is 3.17. The van der Waals surface area contributed by atoms with E-state index in [0.717, 1.165) is 24.0 Å². The summed E-state index contributed by atoms with van der Waals surface area (Å²) in [7, 11) is 0. The van der Waals surface area contributed by atoms with Crippen molar-refractivity contribution in [2.75, 3.05) is 0 Å². The number of esters is 1. The fourth-order valence-electron chi connectivity index (χ4n) is 2.80. The number of allylic oxidation sites excluding steroid dienone is 1. The molecular formula is C20H15ClO4. The monoisotopic (exact) mass is 354 g/mol. The first-order valence-corrected chi connectivity index (χ1v) is 8.45. The van der Waals surface area contributed by atoms with Gasteiger partial charge in [-0.1, -0.05) is 23.7 Å². The molecule has 0 unspecified atom stereocenters. The molecule has 1 heterocycles. The van der Waals surface area contributed by atoms with Gasteiger partial charge in [0, 0.05) is 11.1 Å². The molecule has 1 fully saturated rings. The summed E-state index contributed by atoms with van der Waals surface area (Å²) < 4.78 is 11.1. The number of benzene rings is 2. The third-order valence-corrected chi connectivity index (χ3v) is 4.45. The minimum Gasteiger partial charge on any atom is -0.452 e. The number of hydrogen-bond donors (Lipinski definition) is 0. The lowest BCUT2D eigenvalue weighted by Gasteiger charge is -2.07. The van der Waals surface area contributed by atoms with E-state index in [4.69, 9.17) is 21.1 Å². The maximum absolute atomic E-state index is 12.6. The lowest BCUT2D eigenvalue weighted by Crippen LogP contribution is -2.10. The van der Waals surface area contributed by atoms with Crippen LogP contribution in [0.1, 0.15) is 34.3 Å². The van der Waals surface area contributed by atoms with Crippen LogP contribution in [0.25, 0.3) is 6.08 Å². The molecule has 2 aromatic rings. The number of ether oxygens (including phenoxy) is 2. The van der Waals surface area contributed by atoms with Crippen LogP contribution < -0.4 is 9.47 Å². The van der Waals surface area contributed by atoms with Crippen LogP contribution in [0.3, 0.4) is 0 Å². The van der Waals surface area contributed by atoms with Gasteiger partial charge in [-0.05, 0) is 55.2 Å². The van der Waals surface area contributed by atoms with E-state index in [-0.39, 0.29) is 23.4 Å². The Hall–Kier alpha value is -2.59. The second kappa shape index (κ2) is 6.05. The van der Waals surface area contributed by atoms with Gasteiger partial charge >= 0.3 is 5.97 Å². The van der Waals surface area contributed by atoms with Crippen molar-refractivity contribution in [3.8, 4) is 11.5 Å². The van der Waals surface area contributed by atoms with Gasteiger partial charge in [-0.2, -0.15) is 0 Å². The van der Waals surface area contributed by atoms with Gasteiger partial charge in [0.1, 0.15) is 11.5 Å². The number of halogens is 1. The highest BCUT2D eigenvalue weighted by Crippen LogP contribution is 2.38. The van der Waals surface area contributed by atoms with Crippen molar-refractivity contribution >= 4 is 29.4 Å². The smallest absolute Gasteiger partial charge is 0.314 e. The first kappa shape index (κ1) is 15.9. The predicted molar refractivity (Wildman–Crippen MR) is 93.9 cm³/mol. The second-order valence-corrected chi connectivity index (χ2v) is 6.74. The Bertz CT molecular complexity index is 925. The zero-order valence-electron chi connectivity index (χ0n) is 13.5. The molecule has 4 rings (SSSR count). The van der Waals surface area contributed by atoms with Gasteiger partial charge in [0.05, 0.1) is 11.5 Å². The standard InChI is InChI=1S/C20H15ClO4/c1-11-7-15(24-20(23)13-5-6-13)10-16-18(11)19(22)17(25-16)9-12-3-2-4-14(21)8-12/h2-4,7-10,13H,5-6H2,1H3/b17-9-. The molecule has 2 aliphatic rings. The van der Waals surface area contributed by atoms with E-state index >= 15 is 0 Å². The number of fused-ring (bicyclic) bond motifs is 1. The summed E-state index contributed by atoms with van der Waals surface area (Å²) in [5, 5.41) is 0.586. The molecule has 0 bridgehead atoms. The molecule has 0 atom stereocenters. The van der Waals surface area contributed by atoms with Gasteiger partial charge in [-0.25, -0.2) is 0 Å². The number of hydrogen-bond acceptors (Lipinski definition) is 4. The molecule has 4 nitrogen and oxygen atoms in total. The minimum absolute atomic E-state index is 0.00870. The summed E-state index contributed by atoms with van der Waals surface area (Å²) in [6, 6.07) is 10.5. The molecule has 0 saturated heterocycles. The van der Waals surface area contributed by atoms with Crippen LogP contribution in [0.4, 0.5) is 0 Å². The average Bonchev–Trinajstić information content (AvgIpc) is 3.34. The Morgan fingerprint density at radius 3 is 2.80 bits per heavy atom. The molecule has 2 aromatic carbocycles. The molecule has 0 radical (unpaired) electrons. The zero-order chi connectivity index (χ0) is 17.6. The lowest BCUT2D eigenvalue weighted by atomic mass is 10.0. The van der Waals surface area contributed by atoms with Crippen molar-refractivity contribution in [3.63, 3.8) is 0 Å². The third-order valence-electron chi connectivity index (χ3n) is 4.22. The number of rotatable bonds is 3. The molecule has 5 heteroatoms. The minimum atomic E-state index is -0.224. The van der Waals surface area contributed by atoms with E-state index < -0.39 is 0 Å². The van der Waals surface area contributed by atoms with E-state index in [9.17, 15) is 9.59 Å². The fourth-order valence-corrected chi connectivity index (χ4v) is 3.00. The molecule has 0 N–H and O–H groups in total. The van der Waals surface area contributed by atoms with Crippen LogP contribution in [0, 0.1) is 12.8 Å². The van der Waals surface area contributed by atoms with Crippen LogP contribution in [-0.4, -0.2) is 11.8 Å². The summed E-state index contributed by atoms with van der Waals surface area (Å²) in [4.78, 5) is 24.5. The molecule has 1 saturated carbocycles. The van der Waals surface area contributed by atoms with E-state index in [2.05, 4.69) is 0 Å². The molecule has 25 heavy (non-hydrogen) atoms. The van der Waals surface area contributed by atoms with Crippen molar-refractivity contribution in [1.82, 2.24) is 0 Å². The summed E-state index contributed by atoms with van der Waals surface area (Å²) >= 11 is 5.98. The van der Waals surface area contributed by atoms with E-state index in [1.165, 1.54) is 0 Å². The Labute approximate surface area is 150 Å². The highest BCUT2D eigenvalue weighted by atomic mass is 35.5. The van der Waals surface area contributed by atoms with Crippen molar-refractivity contribution < 1.29 is 19.1 Å². The Morgan fingerprint density at radius 1 is 1.28 bits per heavy atom. The maximum atomic E-state index is 12.6. The first-order chi connectivity index (χ1) is 12.0. The molecule has 0 spiro atoms. The van der Waals surface area contributed by atoms with Crippen molar-refractivity contribution in [3.05, 3.63) is 63.9 Å². The molecule has 126 valence electrons. The van der Waals surface area contributed by atoms with Crippen LogP contribution in [0.5, 0.6) is 11.5 Å². The lowest BCUT2D eigenvalue weighted by molar-refractivity contribution is -0.135. The second-order valence-electron chi connectivity index (χ2n) is 6.30. The SMILES string of the molecule is Cc1cc(OC(=O)C2CC2)cc2c1C(=O)/C(=C/c1cccc(Cl)c1)O2. The summed E-state index contributed by atoms with van der Waals surface area (Å²) in [6.45, 7) is 1.80. The molecule has 1 aliphatic heterocycles. The number of Topliss-reactive ketones (excluding diaryl/α,β-unsaturated/α-hetero) is 1. The van der Waals surface area contributed by atoms with Gasteiger partial charge in [0.2, 0.25) is 5.78 Å². The quantitative estimate of drug-likeness (QED) is 0.460. The summed E-state index contributed by atoms with van der Waals surface area (Å²) in [5.74, 6) is 0.646. The average molecular weight is 355 g/mol. The normalized spacial score (nSPS) is 17.4. The van der Waals surface area contributed by atoms with Crippen LogP contribution in [0.15, 0.2) is 42.2 Å². The molecule has 1 aliphatic carbocycles. The Balaban J connectivity index is 1.64. The molecular weight excluding hydrogens is 340 g/mol.